The van der Waals surface area contributed by atoms with Gasteiger partial charge in [-0.05, 0) is 90.5 Å². The number of aliphatic hydroxyl groups is 3. The molecule has 2 amide bonds. The minimum Gasteiger partial charge on any atom is -0.436 e. The summed E-state index contributed by atoms with van der Waals surface area (Å²) in [4.78, 5) is 88.0. The number of nitrogens with zero attached hydrogens (tertiary/aromatic N) is 1. The molecule has 0 aromatic heterocycles. The number of hydrogen-bond donors (Lipinski definition) is 5. The first-order valence-corrected chi connectivity index (χ1v) is 22.3. The van der Waals surface area contributed by atoms with E-state index < -0.39 is 69.9 Å². The maximum absolute atomic E-state index is 13.1. The van der Waals surface area contributed by atoms with Crippen LogP contribution in [0.5, 0.6) is 0 Å². The molecule has 4 aromatic carbocycles. The maximum atomic E-state index is 13.1. The number of ether oxygens (including phenoxy) is 2. The fourth-order valence-corrected chi connectivity index (χ4v) is 6.98. The Morgan fingerprint density at radius 3 is 0.910 bits per heavy atom. The van der Waals surface area contributed by atoms with E-state index in [1.54, 1.807) is 84.9 Å². The SMILES string of the molecule is CC(C)(O)C(=O)c1ccc(C(OC(=O)NCCCCCCCCNC(=O)OC(c2ccc(C(=O)C(C)(C)O)cc2)c2ccc(C(=O)C(C)(C)N=O)cc2)c2ccc(C(=O)C(C)(C)O)cc2)cc1. The van der Waals surface area contributed by atoms with Gasteiger partial charge in [0.2, 0.25) is 0 Å². The molecule has 0 radical (unpaired) electrons. The van der Waals surface area contributed by atoms with Crippen molar-refractivity contribution < 1.29 is 53.6 Å². The van der Waals surface area contributed by atoms with Gasteiger partial charge < -0.3 is 35.4 Å². The van der Waals surface area contributed by atoms with E-state index in [2.05, 4.69) is 15.8 Å². The number of hydrogen-bond acceptors (Lipinski definition) is 13. The van der Waals surface area contributed by atoms with Gasteiger partial charge in [-0.2, -0.15) is 0 Å². The van der Waals surface area contributed by atoms with Crippen LogP contribution in [0.15, 0.2) is 102 Å². The molecule has 0 fully saturated rings. The van der Waals surface area contributed by atoms with E-state index in [1.807, 2.05) is 0 Å². The third-order valence-corrected chi connectivity index (χ3v) is 10.9. The van der Waals surface area contributed by atoms with Gasteiger partial charge in [-0.25, -0.2) is 9.59 Å². The summed E-state index contributed by atoms with van der Waals surface area (Å²) in [6, 6.07) is 25.4. The lowest BCUT2D eigenvalue weighted by Crippen LogP contribution is -2.31. The molecule has 1 atom stereocenters. The van der Waals surface area contributed by atoms with Gasteiger partial charge >= 0.3 is 12.2 Å². The molecular formula is C52H63N3O12. The van der Waals surface area contributed by atoms with Crippen molar-refractivity contribution in [2.75, 3.05) is 13.1 Å². The second-order valence-corrected chi connectivity index (χ2v) is 18.7. The van der Waals surface area contributed by atoms with E-state index in [4.69, 9.17) is 9.47 Å². The van der Waals surface area contributed by atoms with Gasteiger partial charge in [0.1, 0.15) is 16.8 Å². The summed E-state index contributed by atoms with van der Waals surface area (Å²) in [7, 11) is 0. The highest BCUT2D eigenvalue weighted by Gasteiger charge is 2.32. The van der Waals surface area contributed by atoms with Crippen LogP contribution in [0, 0.1) is 4.91 Å². The number of rotatable bonds is 24. The average Bonchev–Trinajstić information content (AvgIpc) is 3.29. The fourth-order valence-electron chi connectivity index (χ4n) is 6.98. The van der Waals surface area contributed by atoms with Crippen LogP contribution >= 0.6 is 0 Å². The zero-order valence-electron chi connectivity index (χ0n) is 39.5. The van der Waals surface area contributed by atoms with Gasteiger partial charge in [0.15, 0.2) is 40.9 Å². The van der Waals surface area contributed by atoms with Gasteiger partial charge in [0, 0.05) is 35.3 Å². The Kier molecular flexibility index (Phi) is 18.1. The number of unbranched alkanes of at least 4 members (excludes halogenated alkanes) is 5. The zero-order valence-corrected chi connectivity index (χ0v) is 39.5. The molecule has 0 saturated heterocycles. The summed E-state index contributed by atoms with van der Waals surface area (Å²) < 4.78 is 11.7. The van der Waals surface area contributed by atoms with Crippen LogP contribution in [-0.2, 0) is 9.47 Å². The summed E-state index contributed by atoms with van der Waals surface area (Å²) in [5, 5.41) is 39.1. The lowest BCUT2D eigenvalue weighted by atomic mass is 9.91. The Balaban J connectivity index is 1.26. The van der Waals surface area contributed by atoms with Crippen LogP contribution in [0.3, 0.4) is 0 Å². The molecular weight excluding hydrogens is 859 g/mol. The highest BCUT2D eigenvalue weighted by atomic mass is 16.6. The van der Waals surface area contributed by atoms with Crippen LogP contribution < -0.4 is 10.6 Å². The van der Waals surface area contributed by atoms with Gasteiger partial charge in [-0.3, -0.25) is 19.2 Å². The van der Waals surface area contributed by atoms with Gasteiger partial charge in [0.25, 0.3) is 0 Å². The van der Waals surface area contributed by atoms with Crippen molar-refractivity contribution in [3.05, 3.63) is 146 Å². The third kappa shape index (κ3) is 15.3. The largest absolute Gasteiger partial charge is 0.436 e. The standard InChI is InChI=1S/C52H63N3O12/c1-49(2,55-65)43(56)37-23-15-33(16-24-37)41(34-17-25-38(26-18-34)44(57)50(3,4)62)66-47(60)53-31-13-11-9-10-12-14-32-54-48(61)67-42(35-19-27-39(28-20-35)45(58)51(5,6)63)36-21-29-40(30-22-36)46(59)52(7,8)64/h15-30,41-42,62-64H,9-14,31-32H2,1-8H3,(H,53,60)(H,54,61). The number of amides is 2. The van der Waals surface area contributed by atoms with Crippen molar-refractivity contribution >= 4 is 35.3 Å². The molecule has 0 spiro atoms. The van der Waals surface area contributed by atoms with E-state index in [0.717, 1.165) is 25.7 Å². The summed E-state index contributed by atoms with van der Waals surface area (Å²) in [6.07, 6.45) is 1.59. The molecule has 0 aliphatic heterocycles. The van der Waals surface area contributed by atoms with Crippen LogP contribution in [-0.4, -0.2) is 86.1 Å². The van der Waals surface area contributed by atoms with E-state index in [0.29, 0.717) is 48.2 Å². The highest BCUT2D eigenvalue weighted by molar-refractivity contribution is 6.04. The molecule has 0 heterocycles. The number of benzene rings is 4. The minimum absolute atomic E-state index is 0.262. The number of ketones is 4. The minimum atomic E-state index is -1.58. The predicted molar refractivity (Wildman–Crippen MR) is 252 cm³/mol. The quantitative estimate of drug-likeness (QED) is 0.0252. The fraction of sp³-hybridized carbons (Fsp3) is 0.423. The van der Waals surface area contributed by atoms with E-state index in [1.165, 1.54) is 67.5 Å². The molecule has 67 heavy (non-hydrogen) atoms. The molecule has 0 aliphatic rings. The average molecular weight is 922 g/mol. The Labute approximate surface area is 391 Å². The summed E-state index contributed by atoms with van der Waals surface area (Å²) in [5.41, 5.74) is -2.88. The third-order valence-electron chi connectivity index (χ3n) is 10.9. The number of carbonyl (C=O) groups is 6. The van der Waals surface area contributed by atoms with Gasteiger partial charge in [-0.1, -0.05) is 128 Å². The molecule has 0 saturated carbocycles. The van der Waals surface area contributed by atoms with Crippen LogP contribution in [0.25, 0.3) is 0 Å². The van der Waals surface area contributed by atoms with Gasteiger partial charge in [-0.15, -0.1) is 4.91 Å². The molecule has 4 aromatic rings. The number of carbonyl (C=O) groups excluding carboxylic acids is 6. The first-order valence-electron chi connectivity index (χ1n) is 22.3. The van der Waals surface area contributed by atoms with Gasteiger partial charge in [0.05, 0.1) is 0 Å². The summed E-state index contributed by atoms with van der Waals surface area (Å²) >= 11 is 0. The molecule has 358 valence electrons. The van der Waals surface area contributed by atoms with Crippen molar-refractivity contribution in [3.8, 4) is 0 Å². The molecule has 15 nitrogen and oxygen atoms in total. The van der Waals surface area contributed by atoms with Crippen molar-refractivity contribution in [1.82, 2.24) is 10.6 Å². The second kappa shape index (κ2) is 22.9. The lowest BCUT2D eigenvalue weighted by molar-refractivity contribution is 0.0487. The van der Waals surface area contributed by atoms with Crippen LogP contribution in [0.1, 0.15) is 170 Å². The van der Waals surface area contributed by atoms with E-state index >= 15 is 0 Å². The van der Waals surface area contributed by atoms with Crippen molar-refractivity contribution in [3.63, 3.8) is 0 Å². The first-order chi connectivity index (χ1) is 31.3. The smallest absolute Gasteiger partial charge is 0.408 e. The summed E-state index contributed by atoms with van der Waals surface area (Å²) in [5.74, 6) is -1.87. The van der Waals surface area contributed by atoms with E-state index in [9.17, 15) is 49.0 Å². The number of nitroso groups, excluding NO2 is 1. The lowest BCUT2D eigenvalue weighted by Gasteiger charge is -2.21. The second-order valence-electron chi connectivity index (χ2n) is 18.7. The van der Waals surface area contributed by atoms with Crippen molar-refractivity contribution in [2.45, 2.75) is 128 Å². The van der Waals surface area contributed by atoms with Crippen molar-refractivity contribution in [1.29, 1.82) is 0 Å². The first kappa shape index (κ1) is 53.2. The Morgan fingerprint density at radius 1 is 0.433 bits per heavy atom. The zero-order chi connectivity index (χ0) is 49.7. The maximum Gasteiger partial charge on any atom is 0.408 e. The number of Topliss-reactive ketones (excluding diaryl/α,β-unsaturated/α-hetero) is 4. The number of alkyl carbamates (subject to hydrolysis) is 2. The summed E-state index contributed by atoms with van der Waals surface area (Å²) in [6.45, 7) is 11.9. The predicted octanol–water partition coefficient (Wildman–Crippen LogP) is 8.95. The Hall–Kier alpha value is -6.42. The Morgan fingerprint density at radius 2 is 0.672 bits per heavy atom. The van der Waals surface area contributed by atoms with Crippen LogP contribution in [0.2, 0.25) is 0 Å². The normalized spacial score (nSPS) is 12.5. The molecule has 0 aliphatic carbocycles. The molecule has 1 unspecified atom stereocenters. The Bertz CT molecular complexity index is 2280. The molecule has 15 heteroatoms. The molecule has 0 bridgehead atoms. The molecule has 5 N–H and O–H groups in total. The van der Waals surface area contributed by atoms with Crippen LogP contribution in [0.4, 0.5) is 9.59 Å². The van der Waals surface area contributed by atoms with E-state index in [-0.39, 0.29) is 22.3 Å². The van der Waals surface area contributed by atoms with Crippen molar-refractivity contribution in [2.24, 2.45) is 5.18 Å². The topological polar surface area (TPSA) is 235 Å². The number of nitrogens with one attached hydrogen (secondary N) is 2. The molecule has 4 rings (SSSR count). The highest BCUT2D eigenvalue weighted by Crippen LogP contribution is 2.30. The monoisotopic (exact) mass is 921 g/mol.